The molecule has 0 atom stereocenters. The van der Waals surface area contributed by atoms with Crippen molar-refractivity contribution in [2.24, 2.45) is 7.05 Å². The van der Waals surface area contributed by atoms with Crippen LogP contribution in [-0.4, -0.2) is 26.7 Å². The van der Waals surface area contributed by atoms with Gasteiger partial charge in [-0.2, -0.15) is 0 Å². The van der Waals surface area contributed by atoms with Gasteiger partial charge in [0.2, 0.25) is 5.75 Å². The van der Waals surface area contributed by atoms with Gasteiger partial charge in [0.1, 0.15) is 5.82 Å². The predicted octanol–water partition coefficient (Wildman–Crippen LogP) is 2.72. The van der Waals surface area contributed by atoms with Crippen molar-refractivity contribution >= 4 is 12.0 Å². The summed E-state index contributed by atoms with van der Waals surface area (Å²) in [6.07, 6.45) is -0.756. The summed E-state index contributed by atoms with van der Waals surface area (Å²) in [5.74, 6) is -2.22. The fourth-order valence-electron chi connectivity index (χ4n) is 3.28. The van der Waals surface area contributed by atoms with E-state index in [0.29, 0.717) is 5.56 Å². The zero-order chi connectivity index (χ0) is 24.9. The van der Waals surface area contributed by atoms with Gasteiger partial charge in [-0.1, -0.05) is 42.5 Å². The number of carbonyl (C=O) groups excluding carboxylic acids is 2. The number of hydrogen-bond acceptors (Lipinski definition) is 6. The summed E-state index contributed by atoms with van der Waals surface area (Å²) in [6.45, 7) is 3.18. The first-order valence-electron chi connectivity index (χ1n) is 10.4. The quantitative estimate of drug-likeness (QED) is 0.490. The number of carbonyl (C=O) groups is 2. The molecule has 178 valence electrons. The zero-order valence-corrected chi connectivity index (χ0v) is 19.0. The van der Waals surface area contributed by atoms with Crippen LogP contribution in [0, 0.1) is 5.82 Å². The summed E-state index contributed by atoms with van der Waals surface area (Å²) in [6, 6.07) is 14.8. The Labute approximate surface area is 195 Å². The SMILES string of the molecule is Cn1c(C(C)(C)OC(=O)NCc2ccccc2)nc(C(=O)NCc2cccc(F)c2)c(O)c1=O. The van der Waals surface area contributed by atoms with Crippen LogP contribution >= 0.6 is 0 Å². The van der Waals surface area contributed by atoms with Gasteiger partial charge < -0.3 is 20.5 Å². The fraction of sp³-hybridized carbons (Fsp3) is 0.250. The fourth-order valence-corrected chi connectivity index (χ4v) is 3.28. The average Bonchev–Trinajstić information content (AvgIpc) is 2.80. The van der Waals surface area contributed by atoms with Gasteiger partial charge in [-0.05, 0) is 37.1 Å². The first kappa shape index (κ1) is 24.4. The Morgan fingerprint density at radius 2 is 1.71 bits per heavy atom. The van der Waals surface area contributed by atoms with Crippen molar-refractivity contribution in [2.75, 3.05) is 0 Å². The van der Waals surface area contributed by atoms with Crippen molar-refractivity contribution in [1.29, 1.82) is 0 Å². The molecule has 2 amide bonds. The van der Waals surface area contributed by atoms with Crippen LogP contribution in [0.1, 0.15) is 41.3 Å². The highest BCUT2D eigenvalue weighted by molar-refractivity contribution is 5.94. The van der Waals surface area contributed by atoms with E-state index in [9.17, 15) is 23.9 Å². The highest BCUT2D eigenvalue weighted by Gasteiger charge is 2.33. The Balaban J connectivity index is 1.78. The van der Waals surface area contributed by atoms with Crippen LogP contribution in [0.25, 0.3) is 0 Å². The Morgan fingerprint density at radius 3 is 2.38 bits per heavy atom. The summed E-state index contributed by atoms with van der Waals surface area (Å²) in [5, 5.41) is 15.3. The minimum atomic E-state index is -1.43. The Kier molecular flexibility index (Phi) is 7.30. The third kappa shape index (κ3) is 5.77. The van der Waals surface area contributed by atoms with E-state index >= 15 is 0 Å². The van der Waals surface area contributed by atoms with E-state index in [1.165, 1.54) is 39.1 Å². The first-order chi connectivity index (χ1) is 16.1. The molecule has 2 aromatic carbocycles. The van der Waals surface area contributed by atoms with Gasteiger partial charge in [-0.15, -0.1) is 0 Å². The van der Waals surface area contributed by atoms with Gasteiger partial charge >= 0.3 is 6.09 Å². The lowest BCUT2D eigenvalue weighted by molar-refractivity contribution is 0.0262. The van der Waals surface area contributed by atoms with Gasteiger partial charge in [-0.3, -0.25) is 14.2 Å². The topological polar surface area (TPSA) is 123 Å². The maximum atomic E-state index is 13.4. The molecule has 3 N–H and O–H groups in total. The molecule has 0 aliphatic rings. The van der Waals surface area contributed by atoms with Crippen molar-refractivity contribution in [2.45, 2.75) is 32.5 Å². The highest BCUT2D eigenvalue weighted by atomic mass is 19.1. The van der Waals surface area contributed by atoms with Gasteiger partial charge in [0, 0.05) is 20.1 Å². The lowest BCUT2D eigenvalue weighted by Gasteiger charge is -2.26. The number of benzene rings is 2. The number of hydrogen-bond donors (Lipinski definition) is 3. The van der Waals surface area contributed by atoms with Crippen LogP contribution in [-0.2, 0) is 30.5 Å². The third-order valence-electron chi connectivity index (χ3n) is 4.99. The lowest BCUT2D eigenvalue weighted by Crippen LogP contribution is -2.39. The summed E-state index contributed by atoms with van der Waals surface area (Å²) < 4.78 is 19.8. The molecule has 3 rings (SSSR count). The molecule has 0 radical (unpaired) electrons. The van der Waals surface area contributed by atoms with E-state index in [1.807, 2.05) is 30.3 Å². The minimum absolute atomic E-state index is 0.0515. The van der Waals surface area contributed by atoms with E-state index in [1.54, 1.807) is 6.07 Å². The van der Waals surface area contributed by atoms with E-state index < -0.39 is 40.4 Å². The number of rotatable bonds is 7. The maximum absolute atomic E-state index is 13.4. The maximum Gasteiger partial charge on any atom is 0.408 e. The van der Waals surface area contributed by atoms with Crippen LogP contribution in [0.4, 0.5) is 9.18 Å². The highest BCUT2D eigenvalue weighted by Crippen LogP contribution is 2.24. The molecule has 0 bridgehead atoms. The lowest BCUT2D eigenvalue weighted by atomic mass is 10.1. The number of alkyl carbamates (subject to hydrolysis) is 1. The predicted molar refractivity (Wildman–Crippen MR) is 122 cm³/mol. The molecule has 10 heteroatoms. The number of amides is 2. The molecule has 9 nitrogen and oxygen atoms in total. The van der Waals surface area contributed by atoms with Crippen LogP contribution in [0.3, 0.4) is 0 Å². The summed E-state index contributed by atoms with van der Waals surface area (Å²) >= 11 is 0. The Hall–Kier alpha value is -4.21. The third-order valence-corrected chi connectivity index (χ3v) is 4.99. The van der Waals surface area contributed by atoms with Crippen LogP contribution in [0.2, 0.25) is 0 Å². The Bertz CT molecular complexity index is 1260. The zero-order valence-electron chi connectivity index (χ0n) is 19.0. The number of nitrogens with one attached hydrogen (secondary N) is 2. The first-order valence-corrected chi connectivity index (χ1v) is 10.4. The molecule has 0 saturated heterocycles. The number of aromatic hydroxyl groups is 1. The van der Waals surface area contributed by atoms with Crippen molar-refractivity contribution in [3.8, 4) is 5.75 Å². The normalized spacial score (nSPS) is 11.1. The molecule has 0 aliphatic heterocycles. The molecule has 0 saturated carbocycles. The van der Waals surface area contributed by atoms with Crippen molar-refractivity contribution < 1.29 is 23.8 Å². The summed E-state index contributed by atoms with van der Waals surface area (Å²) in [4.78, 5) is 41.7. The number of nitrogens with zero attached hydrogens (tertiary/aromatic N) is 2. The molecular weight excluding hydrogens is 443 g/mol. The van der Waals surface area contributed by atoms with Crippen LogP contribution in [0.15, 0.2) is 59.4 Å². The Morgan fingerprint density at radius 1 is 1.06 bits per heavy atom. The van der Waals surface area contributed by atoms with Gasteiger partial charge in [0.05, 0.1) is 0 Å². The molecule has 3 aromatic rings. The second kappa shape index (κ2) is 10.2. The summed E-state index contributed by atoms with van der Waals surface area (Å²) in [7, 11) is 1.34. The van der Waals surface area contributed by atoms with E-state index in [0.717, 1.165) is 10.1 Å². The molecule has 1 aromatic heterocycles. The molecular formula is C24H25FN4O5. The van der Waals surface area contributed by atoms with Crippen molar-refractivity contribution in [1.82, 2.24) is 20.2 Å². The van der Waals surface area contributed by atoms with E-state index in [-0.39, 0.29) is 18.9 Å². The molecule has 1 heterocycles. The van der Waals surface area contributed by atoms with Crippen molar-refractivity contribution in [3.05, 3.63) is 93.4 Å². The van der Waals surface area contributed by atoms with Crippen molar-refractivity contribution in [3.63, 3.8) is 0 Å². The van der Waals surface area contributed by atoms with Gasteiger partial charge in [-0.25, -0.2) is 14.2 Å². The molecule has 34 heavy (non-hydrogen) atoms. The molecule has 0 spiro atoms. The summed E-state index contributed by atoms with van der Waals surface area (Å²) in [5.41, 5.74) is -1.50. The van der Waals surface area contributed by atoms with E-state index in [4.69, 9.17) is 4.74 Å². The smallest absolute Gasteiger partial charge is 0.408 e. The number of aromatic nitrogens is 2. The monoisotopic (exact) mass is 468 g/mol. The van der Waals surface area contributed by atoms with Gasteiger partial charge in [0.15, 0.2) is 17.1 Å². The largest absolute Gasteiger partial charge is 0.501 e. The van der Waals surface area contributed by atoms with E-state index in [2.05, 4.69) is 15.6 Å². The van der Waals surface area contributed by atoms with Crippen LogP contribution in [0.5, 0.6) is 5.75 Å². The standard InChI is InChI=1S/C24H25FN4O5/c1-24(2,34-23(33)27-13-15-8-5-4-6-9-15)22-28-18(19(30)21(32)29(22)3)20(31)26-14-16-10-7-11-17(25)12-16/h4-12,30H,13-14H2,1-3H3,(H,26,31)(H,27,33). The number of ether oxygens (including phenoxy) is 1. The average molecular weight is 468 g/mol. The van der Waals surface area contributed by atoms with Crippen LogP contribution < -0.4 is 16.2 Å². The molecule has 0 unspecified atom stereocenters. The molecule has 0 aliphatic carbocycles. The minimum Gasteiger partial charge on any atom is -0.501 e. The van der Waals surface area contributed by atoms with Gasteiger partial charge in [0.25, 0.3) is 11.5 Å². The molecule has 0 fully saturated rings. The second-order valence-corrected chi connectivity index (χ2v) is 8.05. The second-order valence-electron chi connectivity index (χ2n) is 8.05. The number of halogens is 1.